The number of carbonyl (C=O) groups is 4. The fraction of sp³-hybridized carbons (Fsp3) is 0.200. The molecule has 0 saturated carbocycles. The lowest BCUT2D eigenvalue weighted by atomic mass is 9.82. The molecule has 0 unspecified atom stereocenters. The number of hydrogen-bond acceptors (Lipinski definition) is 5. The first kappa shape index (κ1) is 19.8. The van der Waals surface area contributed by atoms with Gasteiger partial charge in [0.15, 0.2) is 11.6 Å². The van der Waals surface area contributed by atoms with E-state index in [9.17, 15) is 24.3 Å². The summed E-state index contributed by atoms with van der Waals surface area (Å²) in [6.07, 6.45) is -0.903. The Bertz CT molecular complexity index is 1030. The van der Waals surface area contributed by atoms with Crippen LogP contribution in [-0.4, -0.2) is 35.3 Å². The highest BCUT2D eigenvalue weighted by atomic mass is 79.9. The molecule has 28 heavy (non-hydrogen) atoms. The van der Waals surface area contributed by atoms with E-state index in [4.69, 9.17) is 4.74 Å². The number of carbonyl (C=O) groups excluding carboxylic acids is 3. The number of ether oxygens (including phenoxy) is 1. The normalized spacial score (nSPS) is 12.4. The van der Waals surface area contributed by atoms with Gasteiger partial charge in [0.25, 0.3) is 0 Å². The number of ketones is 2. The van der Waals surface area contributed by atoms with Gasteiger partial charge < -0.3 is 9.84 Å². The van der Waals surface area contributed by atoms with Gasteiger partial charge >= 0.3 is 12.1 Å². The van der Waals surface area contributed by atoms with Crippen molar-refractivity contribution in [3.63, 3.8) is 0 Å². The van der Waals surface area contributed by atoms with Crippen LogP contribution in [0.2, 0.25) is 0 Å². The zero-order valence-electron chi connectivity index (χ0n) is 15.0. The molecule has 0 radical (unpaired) electrons. The van der Waals surface area contributed by atoms with E-state index >= 15 is 0 Å². The molecule has 0 heterocycles. The molecule has 2 aromatic carbocycles. The summed E-state index contributed by atoms with van der Waals surface area (Å²) in [6, 6.07) is 7.45. The van der Waals surface area contributed by atoms with Crippen molar-refractivity contribution in [3.8, 4) is 0 Å². The molecule has 0 atom stereocenters. The van der Waals surface area contributed by atoms with E-state index in [1.165, 1.54) is 18.2 Å². The smallest absolute Gasteiger partial charge is 0.411 e. The van der Waals surface area contributed by atoms with Crippen LogP contribution < -0.4 is 5.32 Å². The zero-order chi connectivity index (χ0) is 20.6. The first-order valence-electron chi connectivity index (χ1n) is 8.44. The Morgan fingerprint density at radius 3 is 2.21 bits per heavy atom. The SMILES string of the molecule is CC(C)COC(=O)Nc1c(C(=O)O)cc(Br)c2c1C(=O)c1ccccc1C2=O. The number of amides is 1. The molecule has 3 rings (SSSR count). The fourth-order valence-corrected chi connectivity index (χ4v) is 3.53. The summed E-state index contributed by atoms with van der Waals surface area (Å²) in [4.78, 5) is 49.9. The van der Waals surface area contributed by atoms with Crippen molar-refractivity contribution in [2.45, 2.75) is 13.8 Å². The molecule has 0 bridgehead atoms. The van der Waals surface area contributed by atoms with Crippen molar-refractivity contribution < 1.29 is 29.0 Å². The van der Waals surface area contributed by atoms with E-state index in [1.807, 2.05) is 13.8 Å². The number of nitrogens with one attached hydrogen (secondary N) is 1. The molecule has 144 valence electrons. The van der Waals surface area contributed by atoms with E-state index in [1.54, 1.807) is 12.1 Å². The summed E-state index contributed by atoms with van der Waals surface area (Å²) in [5.41, 5.74) is -0.380. The molecular formula is C20H16BrNO6. The van der Waals surface area contributed by atoms with Crippen molar-refractivity contribution in [3.05, 3.63) is 62.6 Å². The lowest BCUT2D eigenvalue weighted by molar-refractivity contribution is 0.0697. The van der Waals surface area contributed by atoms with Gasteiger partial charge in [0.05, 0.1) is 29.0 Å². The maximum atomic E-state index is 13.1. The van der Waals surface area contributed by atoms with Crippen LogP contribution in [0, 0.1) is 5.92 Å². The molecule has 0 aromatic heterocycles. The second kappa shape index (κ2) is 7.55. The molecule has 0 saturated heterocycles. The quantitative estimate of drug-likeness (QED) is 0.624. The molecule has 2 aromatic rings. The number of carboxylic acids is 1. The minimum absolute atomic E-state index is 0.00728. The number of aromatic carboxylic acids is 1. The zero-order valence-corrected chi connectivity index (χ0v) is 16.6. The van der Waals surface area contributed by atoms with Gasteiger partial charge in [0, 0.05) is 15.6 Å². The van der Waals surface area contributed by atoms with E-state index in [2.05, 4.69) is 21.2 Å². The highest BCUT2D eigenvalue weighted by Gasteiger charge is 2.36. The third-order valence-corrected chi connectivity index (χ3v) is 4.78. The summed E-state index contributed by atoms with van der Waals surface area (Å²) in [6.45, 7) is 3.80. The average Bonchev–Trinajstić information content (AvgIpc) is 2.65. The van der Waals surface area contributed by atoms with Gasteiger partial charge in [-0.15, -0.1) is 0 Å². The van der Waals surface area contributed by atoms with Crippen molar-refractivity contribution in [1.82, 2.24) is 0 Å². The van der Waals surface area contributed by atoms with Crippen LogP contribution in [-0.2, 0) is 4.74 Å². The first-order valence-corrected chi connectivity index (χ1v) is 9.23. The molecule has 2 N–H and O–H groups in total. The predicted molar refractivity (Wildman–Crippen MR) is 104 cm³/mol. The largest absolute Gasteiger partial charge is 0.478 e. The molecule has 0 spiro atoms. The van der Waals surface area contributed by atoms with E-state index in [0.717, 1.165) is 0 Å². The standard InChI is InChI=1S/C20H16BrNO6/c1-9(2)8-28-20(27)22-16-12(19(25)26)7-13(21)14-15(16)18(24)11-6-4-3-5-10(11)17(14)23/h3-7,9H,8H2,1-2H3,(H,22,27)(H,25,26). The van der Waals surface area contributed by atoms with E-state index in [0.29, 0.717) is 0 Å². The maximum absolute atomic E-state index is 13.1. The van der Waals surface area contributed by atoms with Gasteiger partial charge in [0.1, 0.15) is 0 Å². The topological polar surface area (TPSA) is 110 Å². The molecule has 1 amide bonds. The van der Waals surface area contributed by atoms with E-state index in [-0.39, 0.29) is 50.5 Å². The third-order valence-electron chi connectivity index (χ3n) is 4.15. The Kier molecular flexibility index (Phi) is 5.33. The predicted octanol–water partition coefficient (Wildman–Crippen LogP) is 4.13. The van der Waals surface area contributed by atoms with Crippen molar-refractivity contribution >= 4 is 45.2 Å². The summed E-state index contributed by atoms with van der Waals surface area (Å²) < 4.78 is 5.20. The molecule has 0 aliphatic heterocycles. The summed E-state index contributed by atoms with van der Waals surface area (Å²) in [5.74, 6) is -2.28. The lowest BCUT2D eigenvalue weighted by Crippen LogP contribution is -2.27. The highest BCUT2D eigenvalue weighted by Crippen LogP contribution is 2.38. The molecule has 1 aliphatic carbocycles. The van der Waals surface area contributed by atoms with Gasteiger partial charge in [-0.05, 0) is 27.9 Å². The number of halogens is 1. The van der Waals surface area contributed by atoms with Crippen LogP contribution in [0.25, 0.3) is 0 Å². The molecular weight excluding hydrogens is 430 g/mol. The average molecular weight is 446 g/mol. The Labute approximate surface area is 168 Å². The van der Waals surface area contributed by atoms with Crippen molar-refractivity contribution in [1.29, 1.82) is 0 Å². The number of fused-ring (bicyclic) bond motifs is 2. The summed E-state index contributed by atoms with van der Waals surface area (Å²) >= 11 is 3.19. The third kappa shape index (κ3) is 3.43. The molecule has 0 fully saturated rings. The molecule has 7 nitrogen and oxygen atoms in total. The second-order valence-electron chi connectivity index (χ2n) is 6.66. The van der Waals surface area contributed by atoms with Crippen LogP contribution >= 0.6 is 15.9 Å². The van der Waals surface area contributed by atoms with Gasteiger partial charge in [-0.1, -0.05) is 38.1 Å². The number of rotatable bonds is 4. The van der Waals surface area contributed by atoms with Crippen LogP contribution in [0.15, 0.2) is 34.8 Å². The van der Waals surface area contributed by atoms with Crippen LogP contribution in [0.3, 0.4) is 0 Å². The summed E-state index contributed by atoms with van der Waals surface area (Å²) in [5, 5.41) is 11.9. The van der Waals surface area contributed by atoms with Crippen LogP contribution in [0.1, 0.15) is 56.0 Å². The minimum Gasteiger partial charge on any atom is -0.478 e. The molecule has 1 aliphatic rings. The van der Waals surface area contributed by atoms with E-state index < -0.39 is 23.6 Å². The fourth-order valence-electron chi connectivity index (χ4n) is 2.93. The monoisotopic (exact) mass is 445 g/mol. The lowest BCUT2D eigenvalue weighted by Gasteiger charge is -2.23. The molecule has 8 heteroatoms. The first-order chi connectivity index (χ1) is 13.2. The number of benzene rings is 2. The second-order valence-corrected chi connectivity index (χ2v) is 7.51. The van der Waals surface area contributed by atoms with Crippen LogP contribution in [0.5, 0.6) is 0 Å². The Morgan fingerprint density at radius 2 is 1.68 bits per heavy atom. The van der Waals surface area contributed by atoms with Gasteiger partial charge in [-0.2, -0.15) is 0 Å². The van der Waals surface area contributed by atoms with Crippen molar-refractivity contribution in [2.75, 3.05) is 11.9 Å². The van der Waals surface area contributed by atoms with Gasteiger partial charge in [0.2, 0.25) is 0 Å². The van der Waals surface area contributed by atoms with Gasteiger partial charge in [-0.25, -0.2) is 9.59 Å². The number of hydrogen-bond donors (Lipinski definition) is 2. The Hall–Kier alpha value is -3.00. The Balaban J connectivity index is 2.19. The summed E-state index contributed by atoms with van der Waals surface area (Å²) in [7, 11) is 0. The number of carboxylic acid groups (broad SMARTS) is 1. The minimum atomic E-state index is -1.36. The van der Waals surface area contributed by atoms with Crippen molar-refractivity contribution in [2.24, 2.45) is 5.92 Å². The Morgan fingerprint density at radius 1 is 1.11 bits per heavy atom. The maximum Gasteiger partial charge on any atom is 0.411 e. The van der Waals surface area contributed by atoms with Crippen LogP contribution in [0.4, 0.5) is 10.5 Å². The van der Waals surface area contributed by atoms with Gasteiger partial charge in [-0.3, -0.25) is 14.9 Å². The number of anilines is 1. The highest BCUT2D eigenvalue weighted by molar-refractivity contribution is 9.10.